The van der Waals surface area contributed by atoms with Crippen LogP contribution in [0.4, 0.5) is 17.1 Å². The number of rotatable bonds is 6. The smallest absolute Gasteiger partial charge is 0.255 e. The minimum absolute atomic E-state index is 0.216. The molecule has 0 aromatic heterocycles. The van der Waals surface area contributed by atoms with Crippen LogP contribution in [-0.2, 0) is 0 Å². The number of nitrogens with zero attached hydrogens (tertiary/aromatic N) is 2. The summed E-state index contributed by atoms with van der Waals surface area (Å²) in [6.07, 6.45) is 0. The Labute approximate surface area is 174 Å². The first-order chi connectivity index (χ1) is 14.8. The number of hydrogen-bond donors (Lipinski definition) is 1. The average Bonchev–Trinajstić information content (AvgIpc) is 2.80. The van der Waals surface area contributed by atoms with Crippen molar-refractivity contribution in [3.05, 3.63) is 115 Å². The van der Waals surface area contributed by atoms with Gasteiger partial charge in [0.25, 0.3) is 5.91 Å². The number of anilines is 1. The molecule has 146 valence electrons. The van der Waals surface area contributed by atoms with Crippen LogP contribution in [0, 0.1) is 0 Å². The highest BCUT2D eigenvalue weighted by Crippen LogP contribution is 2.23. The molecular weight excluding hydrogens is 374 g/mol. The second-order valence-electron chi connectivity index (χ2n) is 6.48. The Bertz CT molecular complexity index is 1140. The van der Waals surface area contributed by atoms with E-state index in [1.54, 1.807) is 42.5 Å². The Kier molecular flexibility index (Phi) is 5.91. The lowest BCUT2D eigenvalue weighted by Gasteiger charge is -2.08. The van der Waals surface area contributed by atoms with Crippen molar-refractivity contribution in [1.82, 2.24) is 0 Å². The van der Waals surface area contributed by atoms with Crippen molar-refractivity contribution in [2.75, 3.05) is 5.32 Å². The van der Waals surface area contributed by atoms with Crippen LogP contribution < -0.4 is 10.1 Å². The van der Waals surface area contributed by atoms with Gasteiger partial charge in [-0.05, 0) is 66.7 Å². The predicted molar refractivity (Wildman–Crippen MR) is 118 cm³/mol. The predicted octanol–water partition coefficient (Wildman–Crippen LogP) is 7.15. The van der Waals surface area contributed by atoms with Crippen molar-refractivity contribution in [3.8, 4) is 11.5 Å². The Morgan fingerprint density at radius 3 is 1.93 bits per heavy atom. The largest absolute Gasteiger partial charge is 0.457 e. The molecule has 0 spiro atoms. The first-order valence-electron chi connectivity index (χ1n) is 9.47. The van der Waals surface area contributed by atoms with Gasteiger partial charge in [-0.15, -0.1) is 0 Å². The highest BCUT2D eigenvalue weighted by Gasteiger charge is 2.08. The molecule has 1 amide bonds. The fraction of sp³-hybridized carbons (Fsp3) is 0. The molecule has 5 nitrogen and oxygen atoms in total. The molecule has 30 heavy (non-hydrogen) atoms. The number of nitrogens with one attached hydrogen (secondary N) is 1. The lowest BCUT2D eigenvalue weighted by atomic mass is 10.2. The highest BCUT2D eigenvalue weighted by molar-refractivity contribution is 6.04. The maximum atomic E-state index is 12.6. The number of ether oxygens (including phenoxy) is 1. The van der Waals surface area contributed by atoms with Gasteiger partial charge in [-0.25, -0.2) is 0 Å². The van der Waals surface area contributed by atoms with Crippen molar-refractivity contribution < 1.29 is 9.53 Å². The van der Waals surface area contributed by atoms with Crippen molar-refractivity contribution in [3.63, 3.8) is 0 Å². The molecule has 0 saturated carbocycles. The summed E-state index contributed by atoms with van der Waals surface area (Å²) in [5.74, 6) is 1.10. The van der Waals surface area contributed by atoms with Gasteiger partial charge in [-0.2, -0.15) is 10.2 Å². The second kappa shape index (κ2) is 9.30. The Balaban J connectivity index is 1.40. The number of para-hydroxylation sites is 1. The number of azo groups is 1. The molecule has 4 aromatic rings. The summed E-state index contributed by atoms with van der Waals surface area (Å²) in [7, 11) is 0. The topological polar surface area (TPSA) is 63.0 Å². The second-order valence-corrected chi connectivity index (χ2v) is 6.48. The van der Waals surface area contributed by atoms with Crippen molar-refractivity contribution in [2.24, 2.45) is 10.2 Å². The van der Waals surface area contributed by atoms with Crippen LogP contribution in [0.2, 0.25) is 0 Å². The van der Waals surface area contributed by atoms with Crippen LogP contribution >= 0.6 is 0 Å². The zero-order valence-electron chi connectivity index (χ0n) is 16.1. The Hall–Kier alpha value is -4.25. The molecule has 0 fully saturated rings. The van der Waals surface area contributed by atoms with Crippen molar-refractivity contribution in [2.45, 2.75) is 0 Å². The van der Waals surface area contributed by atoms with E-state index >= 15 is 0 Å². The normalized spacial score (nSPS) is 10.7. The van der Waals surface area contributed by atoms with Gasteiger partial charge < -0.3 is 10.1 Å². The Morgan fingerprint density at radius 2 is 1.23 bits per heavy atom. The van der Waals surface area contributed by atoms with Gasteiger partial charge >= 0.3 is 0 Å². The van der Waals surface area contributed by atoms with E-state index in [-0.39, 0.29) is 5.91 Å². The van der Waals surface area contributed by atoms with E-state index in [9.17, 15) is 4.79 Å². The van der Waals surface area contributed by atoms with Gasteiger partial charge in [0, 0.05) is 11.3 Å². The quantitative estimate of drug-likeness (QED) is 0.354. The van der Waals surface area contributed by atoms with Crippen LogP contribution in [0.3, 0.4) is 0 Å². The minimum Gasteiger partial charge on any atom is -0.457 e. The first kappa shape index (κ1) is 19.1. The molecule has 0 atom stereocenters. The molecule has 0 heterocycles. The van der Waals surface area contributed by atoms with Crippen LogP contribution in [-0.4, -0.2) is 5.91 Å². The maximum absolute atomic E-state index is 12.6. The summed E-state index contributed by atoms with van der Waals surface area (Å²) >= 11 is 0. The lowest BCUT2D eigenvalue weighted by molar-refractivity contribution is 0.102. The monoisotopic (exact) mass is 393 g/mol. The summed E-state index contributed by atoms with van der Waals surface area (Å²) in [6, 6.07) is 33.2. The van der Waals surface area contributed by atoms with Gasteiger partial charge in [-0.3, -0.25) is 4.79 Å². The van der Waals surface area contributed by atoms with Gasteiger partial charge in [-0.1, -0.05) is 42.5 Å². The number of carbonyl (C=O) groups excluding carboxylic acids is 1. The van der Waals surface area contributed by atoms with Crippen molar-refractivity contribution in [1.29, 1.82) is 0 Å². The van der Waals surface area contributed by atoms with Crippen LogP contribution in [0.15, 0.2) is 119 Å². The SMILES string of the molecule is O=C(Nc1ccc(N=Nc2ccccc2)cc1)c1cccc(Oc2ccccc2)c1. The Morgan fingerprint density at radius 1 is 0.633 bits per heavy atom. The van der Waals surface area contributed by atoms with Crippen molar-refractivity contribution >= 4 is 23.0 Å². The first-order valence-corrected chi connectivity index (χ1v) is 9.47. The molecule has 4 rings (SSSR count). The van der Waals surface area contributed by atoms with E-state index in [1.165, 1.54) is 0 Å². The van der Waals surface area contributed by atoms with Crippen LogP contribution in [0.5, 0.6) is 11.5 Å². The van der Waals surface area contributed by atoms with Crippen LogP contribution in [0.25, 0.3) is 0 Å². The fourth-order valence-corrected chi connectivity index (χ4v) is 2.75. The molecule has 0 aliphatic heterocycles. The van der Waals surface area contributed by atoms with E-state index in [2.05, 4.69) is 15.5 Å². The molecular formula is C25H19N3O2. The summed E-state index contributed by atoms with van der Waals surface area (Å²) in [5, 5.41) is 11.3. The van der Waals surface area contributed by atoms with E-state index in [0.29, 0.717) is 22.7 Å². The zero-order valence-corrected chi connectivity index (χ0v) is 16.1. The van der Waals surface area contributed by atoms with Crippen LogP contribution in [0.1, 0.15) is 10.4 Å². The van der Waals surface area contributed by atoms with Gasteiger partial charge in [0.15, 0.2) is 0 Å². The third-order valence-electron chi connectivity index (χ3n) is 4.24. The van der Waals surface area contributed by atoms with E-state index in [4.69, 9.17) is 4.74 Å². The fourth-order valence-electron chi connectivity index (χ4n) is 2.75. The van der Waals surface area contributed by atoms with Gasteiger partial charge in [0.1, 0.15) is 11.5 Å². The average molecular weight is 393 g/mol. The number of benzene rings is 4. The van der Waals surface area contributed by atoms with E-state index in [1.807, 2.05) is 66.7 Å². The lowest BCUT2D eigenvalue weighted by Crippen LogP contribution is -2.11. The summed E-state index contributed by atoms with van der Waals surface area (Å²) in [6.45, 7) is 0. The van der Waals surface area contributed by atoms with Gasteiger partial charge in [0.05, 0.1) is 11.4 Å². The molecule has 0 aliphatic carbocycles. The third-order valence-corrected chi connectivity index (χ3v) is 4.24. The molecule has 0 aliphatic rings. The van der Waals surface area contributed by atoms with Gasteiger partial charge in [0.2, 0.25) is 0 Å². The molecule has 4 aromatic carbocycles. The highest BCUT2D eigenvalue weighted by atomic mass is 16.5. The maximum Gasteiger partial charge on any atom is 0.255 e. The number of hydrogen-bond acceptors (Lipinski definition) is 4. The van der Waals surface area contributed by atoms with E-state index < -0.39 is 0 Å². The zero-order chi connectivity index (χ0) is 20.6. The number of carbonyl (C=O) groups is 1. The standard InChI is InChI=1S/C25H19N3O2/c29-25(19-8-7-13-24(18-19)30-23-11-5-2-6-12-23)26-20-14-16-22(17-15-20)28-27-21-9-3-1-4-10-21/h1-18H,(H,26,29). The molecule has 0 bridgehead atoms. The molecule has 0 unspecified atom stereocenters. The molecule has 0 saturated heterocycles. The van der Waals surface area contributed by atoms with E-state index in [0.717, 1.165) is 11.4 Å². The summed E-state index contributed by atoms with van der Waals surface area (Å²) in [4.78, 5) is 12.6. The summed E-state index contributed by atoms with van der Waals surface area (Å²) < 4.78 is 5.80. The minimum atomic E-state index is -0.216. The summed E-state index contributed by atoms with van der Waals surface area (Å²) in [5.41, 5.74) is 2.67. The molecule has 5 heteroatoms. The molecule has 1 N–H and O–H groups in total. The molecule has 0 radical (unpaired) electrons. The number of amides is 1. The third kappa shape index (κ3) is 5.17.